The van der Waals surface area contributed by atoms with Crippen LogP contribution in [0.15, 0.2) is 0 Å². The Bertz CT molecular complexity index is 376. The van der Waals surface area contributed by atoms with Gasteiger partial charge >= 0.3 is 5.97 Å². The smallest absolute Gasteiger partial charge is 0.303 e. The van der Waals surface area contributed by atoms with Gasteiger partial charge < -0.3 is 19.8 Å². The fourth-order valence-electron chi connectivity index (χ4n) is 2.29. The van der Waals surface area contributed by atoms with E-state index in [0.717, 1.165) is 0 Å². The van der Waals surface area contributed by atoms with E-state index in [-0.39, 0.29) is 18.2 Å². The fraction of sp³-hybridized carbons (Fsp3) is 0.786. The van der Waals surface area contributed by atoms with Crippen molar-refractivity contribution in [2.75, 3.05) is 46.8 Å². The molecule has 1 aliphatic rings. The van der Waals surface area contributed by atoms with Gasteiger partial charge in [-0.25, -0.2) is 0 Å². The predicted molar refractivity (Wildman–Crippen MR) is 77.8 cm³/mol. The van der Waals surface area contributed by atoms with Gasteiger partial charge in [-0.05, 0) is 26.9 Å². The van der Waals surface area contributed by atoms with Gasteiger partial charge in [0.05, 0.1) is 6.54 Å². The van der Waals surface area contributed by atoms with Gasteiger partial charge in [-0.3, -0.25) is 14.4 Å². The van der Waals surface area contributed by atoms with Crippen LogP contribution in [0.2, 0.25) is 0 Å². The summed E-state index contributed by atoms with van der Waals surface area (Å²) in [7, 11) is 3.71. The van der Waals surface area contributed by atoms with Crippen LogP contribution < -0.4 is 0 Å². The number of hydrogen-bond donors (Lipinski definition) is 1. The summed E-state index contributed by atoms with van der Waals surface area (Å²) in [6.45, 7) is 2.68. The third-order valence-electron chi connectivity index (χ3n) is 3.47. The minimum Gasteiger partial charge on any atom is -0.481 e. The SMILES string of the molecule is CN(C)CC(=O)N1CCN(C(=O)CCCCC(=O)O)CC1. The summed E-state index contributed by atoms with van der Waals surface area (Å²) in [5, 5.41) is 8.53. The first-order valence-electron chi connectivity index (χ1n) is 7.32. The van der Waals surface area contributed by atoms with Crippen molar-refractivity contribution >= 4 is 17.8 Å². The molecular formula is C14H25N3O4. The molecule has 1 aliphatic heterocycles. The molecule has 0 aliphatic carbocycles. The van der Waals surface area contributed by atoms with E-state index in [1.165, 1.54) is 0 Å². The average molecular weight is 299 g/mol. The molecule has 1 saturated heterocycles. The zero-order chi connectivity index (χ0) is 15.8. The van der Waals surface area contributed by atoms with Crippen LogP contribution in [0.25, 0.3) is 0 Å². The Balaban J connectivity index is 2.24. The molecule has 0 unspecified atom stereocenters. The largest absolute Gasteiger partial charge is 0.481 e. The first kappa shape index (κ1) is 17.4. The molecule has 0 radical (unpaired) electrons. The number of rotatable bonds is 7. The van der Waals surface area contributed by atoms with E-state index in [9.17, 15) is 14.4 Å². The molecule has 0 atom stereocenters. The quantitative estimate of drug-likeness (QED) is 0.662. The Hall–Kier alpha value is -1.63. The molecule has 0 aromatic rings. The van der Waals surface area contributed by atoms with Crippen molar-refractivity contribution in [3.05, 3.63) is 0 Å². The monoisotopic (exact) mass is 299 g/mol. The number of carbonyl (C=O) groups is 3. The van der Waals surface area contributed by atoms with Crippen LogP contribution in [-0.4, -0.2) is 84.4 Å². The number of nitrogens with zero attached hydrogens (tertiary/aromatic N) is 3. The minimum absolute atomic E-state index is 0.0556. The summed E-state index contributed by atoms with van der Waals surface area (Å²) in [6, 6.07) is 0. The van der Waals surface area contributed by atoms with Gasteiger partial charge in [0.25, 0.3) is 0 Å². The standard InChI is InChI=1S/C14H25N3O4/c1-15(2)11-13(19)17-9-7-16(8-10-17)12(18)5-3-4-6-14(20)21/h3-11H2,1-2H3,(H,20,21). The van der Waals surface area contributed by atoms with Crippen molar-refractivity contribution < 1.29 is 19.5 Å². The summed E-state index contributed by atoms with van der Waals surface area (Å²) < 4.78 is 0. The lowest BCUT2D eigenvalue weighted by molar-refractivity contribution is -0.140. The summed E-state index contributed by atoms with van der Waals surface area (Å²) in [5.41, 5.74) is 0. The van der Waals surface area contributed by atoms with Crippen LogP contribution in [0.1, 0.15) is 25.7 Å². The average Bonchev–Trinajstić information content (AvgIpc) is 2.42. The van der Waals surface area contributed by atoms with Gasteiger partial charge in [0.1, 0.15) is 0 Å². The van der Waals surface area contributed by atoms with Crippen LogP contribution in [0, 0.1) is 0 Å². The van der Waals surface area contributed by atoms with Gasteiger partial charge in [-0.15, -0.1) is 0 Å². The van der Waals surface area contributed by atoms with Crippen LogP contribution >= 0.6 is 0 Å². The zero-order valence-electron chi connectivity index (χ0n) is 12.9. The molecule has 7 nitrogen and oxygen atoms in total. The van der Waals surface area contributed by atoms with Gasteiger partial charge in [0.2, 0.25) is 11.8 Å². The van der Waals surface area contributed by atoms with Crippen LogP contribution in [0.4, 0.5) is 0 Å². The van der Waals surface area contributed by atoms with Crippen molar-refractivity contribution in [2.45, 2.75) is 25.7 Å². The number of hydrogen-bond acceptors (Lipinski definition) is 4. The van der Waals surface area contributed by atoms with E-state index in [4.69, 9.17) is 5.11 Å². The molecule has 0 bridgehead atoms. The fourth-order valence-corrected chi connectivity index (χ4v) is 2.29. The number of aliphatic carboxylic acids is 1. The maximum atomic E-state index is 12.0. The van der Waals surface area contributed by atoms with Gasteiger partial charge in [0, 0.05) is 39.0 Å². The minimum atomic E-state index is -0.824. The van der Waals surface area contributed by atoms with E-state index < -0.39 is 5.97 Å². The summed E-state index contributed by atoms with van der Waals surface area (Å²) in [4.78, 5) is 39.6. The molecule has 2 amide bonds. The lowest BCUT2D eigenvalue weighted by atomic mass is 10.1. The van der Waals surface area contributed by atoms with Crippen molar-refractivity contribution in [2.24, 2.45) is 0 Å². The first-order valence-corrected chi connectivity index (χ1v) is 7.32. The molecule has 21 heavy (non-hydrogen) atoms. The number of carboxylic acid groups (broad SMARTS) is 1. The van der Waals surface area contributed by atoms with Crippen molar-refractivity contribution in [3.63, 3.8) is 0 Å². The molecule has 0 aromatic heterocycles. The maximum Gasteiger partial charge on any atom is 0.303 e. The predicted octanol–water partition coefficient (Wildman–Crippen LogP) is -0.136. The summed E-state index contributed by atoms with van der Waals surface area (Å²) in [5.74, 6) is -0.677. The highest BCUT2D eigenvalue weighted by molar-refractivity contribution is 5.79. The summed E-state index contributed by atoms with van der Waals surface area (Å²) in [6.07, 6.45) is 1.63. The lowest BCUT2D eigenvalue weighted by Crippen LogP contribution is -2.52. The van der Waals surface area contributed by atoms with Crippen LogP contribution in [0.3, 0.4) is 0 Å². The Labute approximate surface area is 125 Å². The normalized spacial score (nSPS) is 15.4. The Morgan fingerprint density at radius 3 is 1.86 bits per heavy atom. The molecule has 1 N–H and O–H groups in total. The number of carboxylic acids is 1. The molecule has 0 saturated carbocycles. The Kier molecular flexibility index (Phi) is 7.14. The van der Waals surface area contributed by atoms with E-state index in [1.807, 2.05) is 19.0 Å². The number of piperazine rings is 1. The van der Waals surface area contributed by atoms with E-state index in [2.05, 4.69) is 0 Å². The number of unbranched alkanes of at least 4 members (excludes halogenated alkanes) is 1. The molecule has 0 spiro atoms. The van der Waals surface area contributed by atoms with Gasteiger partial charge in [0.15, 0.2) is 0 Å². The van der Waals surface area contributed by atoms with Crippen LogP contribution in [-0.2, 0) is 14.4 Å². The molecule has 1 heterocycles. The molecule has 7 heteroatoms. The number of carbonyl (C=O) groups excluding carboxylic acids is 2. The van der Waals surface area contributed by atoms with Crippen molar-refractivity contribution in [1.29, 1.82) is 0 Å². The molecule has 120 valence electrons. The van der Waals surface area contributed by atoms with E-state index in [1.54, 1.807) is 9.80 Å². The maximum absolute atomic E-state index is 12.0. The van der Waals surface area contributed by atoms with Crippen LogP contribution in [0.5, 0.6) is 0 Å². The second kappa shape index (κ2) is 8.61. The first-order chi connectivity index (χ1) is 9.90. The van der Waals surface area contributed by atoms with Crippen molar-refractivity contribution in [1.82, 2.24) is 14.7 Å². The zero-order valence-corrected chi connectivity index (χ0v) is 12.9. The highest BCUT2D eigenvalue weighted by Gasteiger charge is 2.23. The molecule has 0 aromatic carbocycles. The Morgan fingerprint density at radius 1 is 0.905 bits per heavy atom. The third-order valence-corrected chi connectivity index (χ3v) is 3.47. The molecule has 1 fully saturated rings. The van der Waals surface area contributed by atoms with Crippen molar-refractivity contribution in [3.8, 4) is 0 Å². The van der Waals surface area contributed by atoms with E-state index >= 15 is 0 Å². The molecule has 1 rings (SSSR count). The second-order valence-corrected chi connectivity index (χ2v) is 5.60. The topological polar surface area (TPSA) is 81.2 Å². The number of amides is 2. The van der Waals surface area contributed by atoms with E-state index in [0.29, 0.717) is 52.0 Å². The van der Waals surface area contributed by atoms with Gasteiger partial charge in [-0.2, -0.15) is 0 Å². The van der Waals surface area contributed by atoms with Gasteiger partial charge in [-0.1, -0.05) is 0 Å². The number of likely N-dealkylation sites (N-methyl/N-ethyl adjacent to an activating group) is 1. The molecular weight excluding hydrogens is 274 g/mol. The highest BCUT2D eigenvalue weighted by Crippen LogP contribution is 2.08. The third kappa shape index (κ3) is 6.57. The lowest BCUT2D eigenvalue weighted by Gasteiger charge is -2.35. The Morgan fingerprint density at radius 2 is 1.38 bits per heavy atom. The summed E-state index contributed by atoms with van der Waals surface area (Å²) >= 11 is 0. The highest BCUT2D eigenvalue weighted by atomic mass is 16.4. The second-order valence-electron chi connectivity index (χ2n) is 5.60.